The number of anilines is 1. The lowest BCUT2D eigenvalue weighted by atomic mass is 10.1. The average molecular weight is 482 g/mol. The van der Waals surface area contributed by atoms with E-state index < -0.39 is 0 Å². The van der Waals surface area contributed by atoms with E-state index in [1.165, 1.54) is 19.3 Å². The molecule has 1 saturated heterocycles. The van der Waals surface area contributed by atoms with Gasteiger partial charge in [-0.05, 0) is 62.0 Å². The number of aromatic hydroxyl groups is 1. The van der Waals surface area contributed by atoms with E-state index >= 15 is 0 Å². The zero-order chi connectivity index (χ0) is 23.8. The fourth-order valence-electron chi connectivity index (χ4n) is 4.01. The third-order valence-electron chi connectivity index (χ3n) is 5.77. The van der Waals surface area contributed by atoms with Gasteiger partial charge in [0.25, 0.3) is 0 Å². The third-order valence-corrected chi connectivity index (χ3v) is 6.89. The van der Waals surface area contributed by atoms with Crippen LogP contribution < -0.4 is 10.6 Å². The molecule has 180 valence electrons. The van der Waals surface area contributed by atoms with Gasteiger partial charge in [0.05, 0.1) is 0 Å². The van der Waals surface area contributed by atoms with E-state index in [9.17, 15) is 9.90 Å². The molecule has 1 aliphatic rings. The Morgan fingerprint density at radius 3 is 2.62 bits per heavy atom. The van der Waals surface area contributed by atoms with Crippen LogP contribution in [0.1, 0.15) is 42.9 Å². The molecule has 0 spiro atoms. The fraction of sp³-hybridized carbons (Fsp3) is 0.400. The molecular formula is C25H31N5O3S. The van der Waals surface area contributed by atoms with Gasteiger partial charge in [-0.3, -0.25) is 0 Å². The SMILES string of the molecule is CCSC(c1nnc(-c2ccc(NC(=O)NCCN3CCCCC3)cc2)o1)c1ccccc1O. The lowest BCUT2D eigenvalue weighted by Crippen LogP contribution is -2.39. The third kappa shape index (κ3) is 6.30. The first-order chi connectivity index (χ1) is 16.6. The van der Waals surface area contributed by atoms with E-state index in [1.54, 1.807) is 23.9 Å². The topological polar surface area (TPSA) is 104 Å². The molecule has 2 aromatic carbocycles. The quantitative estimate of drug-likeness (QED) is 0.400. The summed E-state index contributed by atoms with van der Waals surface area (Å²) in [6.07, 6.45) is 3.79. The second-order valence-corrected chi connectivity index (χ2v) is 9.58. The van der Waals surface area contributed by atoms with E-state index in [-0.39, 0.29) is 17.0 Å². The normalized spacial score (nSPS) is 15.1. The Bertz CT molecular complexity index is 1070. The minimum absolute atomic E-state index is 0.206. The highest BCUT2D eigenvalue weighted by Gasteiger charge is 2.24. The van der Waals surface area contributed by atoms with E-state index in [0.717, 1.165) is 36.5 Å². The Balaban J connectivity index is 1.34. The minimum Gasteiger partial charge on any atom is -0.508 e. The zero-order valence-electron chi connectivity index (χ0n) is 19.4. The van der Waals surface area contributed by atoms with Crippen molar-refractivity contribution in [3.05, 3.63) is 60.0 Å². The smallest absolute Gasteiger partial charge is 0.319 e. The lowest BCUT2D eigenvalue weighted by molar-refractivity contribution is 0.224. The predicted molar refractivity (Wildman–Crippen MR) is 135 cm³/mol. The second kappa shape index (κ2) is 11.9. The maximum Gasteiger partial charge on any atom is 0.319 e. The number of likely N-dealkylation sites (tertiary alicyclic amines) is 1. The van der Waals surface area contributed by atoms with Crippen LogP contribution >= 0.6 is 11.8 Å². The fourth-order valence-corrected chi connectivity index (χ4v) is 4.96. The van der Waals surface area contributed by atoms with E-state index in [0.29, 0.717) is 24.0 Å². The molecule has 2 amide bonds. The molecule has 3 aromatic rings. The number of nitrogens with one attached hydrogen (secondary N) is 2. The van der Waals surface area contributed by atoms with Gasteiger partial charge in [0.15, 0.2) is 0 Å². The average Bonchev–Trinajstić information content (AvgIpc) is 3.34. The molecule has 1 fully saturated rings. The van der Waals surface area contributed by atoms with Gasteiger partial charge in [-0.25, -0.2) is 4.79 Å². The monoisotopic (exact) mass is 481 g/mol. The molecule has 34 heavy (non-hydrogen) atoms. The van der Waals surface area contributed by atoms with Gasteiger partial charge < -0.3 is 25.1 Å². The number of thioether (sulfide) groups is 1. The Morgan fingerprint density at radius 1 is 1.12 bits per heavy atom. The highest BCUT2D eigenvalue weighted by atomic mass is 32.2. The number of hydrogen-bond acceptors (Lipinski definition) is 7. The van der Waals surface area contributed by atoms with E-state index in [1.807, 2.05) is 43.3 Å². The molecule has 1 unspecified atom stereocenters. The van der Waals surface area contributed by atoms with Crippen molar-refractivity contribution in [3.63, 3.8) is 0 Å². The van der Waals surface area contributed by atoms with Crippen LogP contribution in [0.15, 0.2) is 52.9 Å². The number of rotatable bonds is 9. The van der Waals surface area contributed by atoms with Crippen molar-refractivity contribution in [1.82, 2.24) is 20.4 Å². The number of phenols is 1. The summed E-state index contributed by atoms with van der Waals surface area (Å²) in [7, 11) is 0. The summed E-state index contributed by atoms with van der Waals surface area (Å²) in [5.41, 5.74) is 2.19. The first-order valence-corrected chi connectivity index (χ1v) is 12.8. The van der Waals surface area contributed by atoms with Gasteiger partial charge in [-0.1, -0.05) is 31.5 Å². The van der Waals surface area contributed by atoms with Crippen LogP contribution in [-0.4, -0.2) is 58.2 Å². The van der Waals surface area contributed by atoms with Crippen molar-refractivity contribution >= 4 is 23.5 Å². The van der Waals surface area contributed by atoms with Crippen molar-refractivity contribution in [2.75, 3.05) is 37.2 Å². The number of urea groups is 1. The number of phenolic OH excluding ortho intramolecular Hbond substituents is 1. The van der Waals surface area contributed by atoms with Gasteiger partial charge in [0.2, 0.25) is 11.8 Å². The molecule has 4 rings (SSSR count). The summed E-state index contributed by atoms with van der Waals surface area (Å²) in [5, 5.41) is 24.2. The zero-order valence-corrected chi connectivity index (χ0v) is 20.2. The Hall–Kier alpha value is -3.04. The molecule has 0 saturated carbocycles. The standard InChI is InChI=1S/C25H31N5O3S/c1-2-34-22(20-8-4-5-9-21(20)31)24-29-28-23(33-24)18-10-12-19(13-11-18)27-25(32)26-14-17-30-15-6-3-7-16-30/h4-5,8-13,22,31H,2-3,6-7,14-17H2,1H3,(H2,26,27,32). The molecule has 2 heterocycles. The lowest BCUT2D eigenvalue weighted by Gasteiger charge is -2.26. The molecule has 1 aliphatic heterocycles. The van der Waals surface area contributed by atoms with Crippen LogP contribution in [0.25, 0.3) is 11.5 Å². The van der Waals surface area contributed by atoms with Crippen LogP contribution in [-0.2, 0) is 0 Å². The van der Waals surface area contributed by atoms with Crippen molar-refractivity contribution < 1.29 is 14.3 Å². The number of amides is 2. The van der Waals surface area contributed by atoms with Gasteiger partial charge in [-0.2, -0.15) is 0 Å². The number of nitrogens with zero attached hydrogens (tertiary/aromatic N) is 3. The number of carbonyl (C=O) groups is 1. The molecule has 8 nitrogen and oxygen atoms in total. The van der Waals surface area contributed by atoms with E-state index in [2.05, 4.69) is 25.7 Å². The largest absolute Gasteiger partial charge is 0.508 e. The van der Waals surface area contributed by atoms with Gasteiger partial charge >= 0.3 is 6.03 Å². The Kier molecular flexibility index (Phi) is 8.43. The number of piperidine rings is 1. The number of benzene rings is 2. The van der Waals surface area contributed by atoms with Gasteiger partial charge in [0.1, 0.15) is 11.0 Å². The molecule has 3 N–H and O–H groups in total. The van der Waals surface area contributed by atoms with Crippen molar-refractivity contribution in [1.29, 1.82) is 0 Å². The molecule has 0 bridgehead atoms. The first-order valence-electron chi connectivity index (χ1n) is 11.7. The summed E-state index contributed by atoms with van der Waals surface area (Å²) in [6.45, 7) is 5.79. The minimum atomic E-state index is -0.248. The maximum absolute atomic E-state index is 12.2. The first kappa shape index (κ1) is 24.1. The molecule has 0 radical (unpaired) electrons. The molecule has 1 atom stereocenters. The summed E-state index contributed by atoms with van der Waals surface area (Å²) >= 11 is 1.62. The number of carbonyl (C=O) groups excluding carboxylic acids is 1. The summed E-state index contributed by atoms with van der Waals surface area (Å²) in [4.78, 5) is 14.6. The predicted octanol–water partition coefficient (Wildman–Crippen LogP) is 4.89. The van der Waals surface area contributed by atoms with Crippen LogP contribution in [0.5, 0.6) is 5.75 Å². The van der Waals surface area contributed by atoms with Crippen molar-refractivity contribution in [2.24, 2.45) is 0 Å². The van der Waals surface area contributed by atoms with Gasteiger partial charge in [-0.15, -0.1) is 22.0 Å². The maximum atomic E-state index is 12.2. The summed E-state index contributed by atoms with van der Waals surface area (Å²) in [6, 6.07) is 14.3. The number of aromatic nitrogens is 2. The Labute approximate surface area is 204 Å². The molecule has 0 aliphatic carbocycles. The van der Waals surface area contributed by atoms with Crippen LogP contribution in [0.4, 0.5) is 10.5 Å². The molecule has 9 heteroatoms. The van der Waals surface area contributed by atoms with Crippen LogP contribution in [0, 0.1) is 0 Å². The van der Waals surface area contributed by atoms with Crippen molar-refractivity contribution in [2.45, 2.75) is 31.4 Å². The van der Waals surface area contributed by atoms with Crippen LogP contribution in [0.3, 0.4) is 0 Å². The summed E-state index contributed by atoms with van der Waals surface area (Å²) in [5.74, 6) is 1.87. The molecule has 1 aromatic heterocycles. The number of hydrogen-bond donors (Lipinski definition) is 3. The van der Waals surface area contributed by atoms with Crippen molar-refractivity contribution in [3.8, 4) is 17.2 Å². The highest BCUT2D eigenvalue weighted by Crippen LogP contribution is 2.39. The molecular weight excluding hydrogens is 450 g/mol. The summed E-state index contributed by atoms with van der Waals surface area (Å²) < 4.78 is 5.97. The Morgan fingerprint density at radius 2 is 1.88 bits per heavy atom. The van der Waals surface area contributed by atoms with Crippen LogP contribution in [0.2, 0.25) is 0 Å². The second-order valence-electron chi connectivity index (χ2n) is 8.20. The number of para-hydroxylation sites is 1. The van der Waals surface area contributed by atoms with E-state index in [4.69, 9.17) is 4.42 Å². The van der Waals surface area contributed by atoms with Gasteiger partial charge in [0, 0.05) is 29.9 Å². The highest BCUT2D eigenvalue weighted by molar-refractivity contribution is 7.99.